The molecule has 1 heterocycles. The largest absolute Gasteiger partial charge is 0.497 e. The molecule has 25 heteroatoms. The van der Waals surface area contributed by atoms with E-state index in [-0.39, 0.29) is 81.4 Å². The Balaban J connectivity index is 1.72. The van der Waals surface area contributed by atoms with Crippen molar-refractivity contribution >= 4 is 46.3 Å². The van der Waals surface area contributed by atoms with Crippen LogP contribution in [0.1, 0.15) is 38.8 Å². The molecule has 0 unspecified atom stereocenters. The molecule has 0 bridgehead atoms. The molecule has 4 amide bonds. The minimum atomic E-state index is -4.25. The Labute approximate surface area is 348 Å². The number of benzene rings is 1. The molecule has 0 spiro atoms. The summed E-state index contributed by atoms with van der Waals surface area (Å²) >= 11 is 3.99. The average Bonchev–Trinajstić information content (AvgIpc) is 3.68. The van der Waals surface area contributed by atoms with Crippen LogP contribution >= 0.6 is 12.6 Å². The zero-order chi connectivity index (χ0) is 43.6. The first kappa shape index (κ1) is 50.6. The van der Waals surface area contributed by atoms with Crippen molar-refractivity contribution in [3.63, 3.8) is 0 Å². The van der Waals surface area contributed by atoms with E-state index in [0.29, 0.717) is 31.7 Å². The number of nitrogens with one attached hydrogen (secondary N) is 4. The van der Waals surface area contributed by atoms with Gasteiger partial charge in [-0.05, 0) is 55.0 Å². The van der Waals surface area contributed by atoms with Crippen LogP contribution in [0, 0.1) is 5.92 Å². The molecule has 1 aromatic carbocycles. The monoisotopic (exact) mass is 872 g/mol. The summed E-state index contributed by atoms with van der Waals surface area (Å²) in [4.78, 5) is 51.7. The second kappa shape index (κ2) is 28.0. The van der Waals surface area contributed by atoms with E-state index in [1.807, 2.05) is 0 Å². The average molecular weight is 873 g/mol. The normalized spacial score (nSPS) is 12.9. The van der Waals surface area contributed by atoms with Crippen LogP contribution in [0.15, 0.2) is 40.5 Å². The smallest absolute Gasteiger partial charge is 0.262 e. The van der Waals surface area contributed by atoms with Gasteiger partial charge in [-0.3, -0.25) is 24.4 Å². The number of nitrogens with two attached hydrogens (primary N) is 1. The van der Waals surface area contributed by atoms with Crippen LogP contribution in [0.3, 0.4) is 0 Å². The van der Waals surface area contributed by atoms with Gasteiger partial charge in [-0.25, -0.2) is 18.6 Å². The van der Waals surface area contributed by atoms with Crippen LogP contribution in [0.2, 0.25) is 0 Å². The molecule has 0 saturated heterocycles. The number of hydrogen-bond donors (Lipinski definition) is 7. The lowest BCUT2D eigenvalue weighted by atomic mass is 10.0. The molecule has 0 aliphatic carbocycles. The standard InChI is InChI=1S/C34H56N12O11S2/c1-24(2)31(34(50)42-51)46(59(52,53)27-9-7-26(54-3)8-10-27)22-25-21-45(44-41-25)13-15-56-17-19-57-18-16-55-14-12-38-33(49)29(40-30(47)20-39-43-36)6-4-5-11-37-32(48)28(35)23-58/h7-10,21,24,28-29,31,51,58H,4-6,11-20,22-23,35H2,1-3H3,(H,37,48)(H,38,49)(H,40,47)(H,42,50)/t28-,29-,31+/m0/s1. The molecule has 0 radical (unpaired) electrons. The summed E-state index contributed by atoms with van der Waals surface area (Å²) in [6, 6.07) is 2.85. The van der Waals surface area contributed by atoms with Gasteiger partial charge in [-0.1, -0.05) is 24.2 Å². The lowest BCUT2D eigenvalue weighted by molar-refractivity contribution is -0.134. The second-order valence-electron chi connectivity index (χ2n) is 13.1. The van der Waals surface area contributed by atoms with Crippen LogP contribution in [-0.2, 0) is 56.5 Å². The molecule has 2 aromatic rings. The van der Waals surface area contributed by atoms with Gasteiger partial charge in [-0.15, -0.1) is 5.10 Å². The summed E-state index contributed by atoms with van der Waals surface area (Å²) in [6.07, 6.45) is 2.86. The van der Waals surface area contributed by atoms with Crippen molar-refractivity contribution < 1.29 is 51.8 Å². The maximum atomic E-state index is 13.8. The zero-order valence-corrected chi connectivity index (χ0v) is 35.1. The first-order valence-electron chi connectivity index (χ1n) is 18.7. The van der Waals surface area contributed by atoms with Crippen LogP contribution in [0.5, 0.6) is 5.75 Å². The van der Waals surface area contributed by atoms with Gasteiger partial charge in [0.1, 0.15) is 24.4 Å². The summed E-state index contributed by atoms with van der Waals surface area (Å²) in [5.74, 6) is -2.12. The second-order valence-corrected chi connectivity index (χ2v) is 15.3. The Morgan fingerprint density at radius 2 is 1.63 bits per heavy atom. The Hall–Kier alpha value is -4.59. The van der Waals surface area contributed by atoms with E-state index < -0.39 is 58.3 Å². The maximum Gasteiger partial charge on any atom is 0.262 e. The first-order valence-corrected chi connectivity index (χ1v) is 20.8. The third-order valence-electron chi connectivity index (χ3n) is 8.33. The minimum Gasteiger partial charge on any atom is -0.497 e. The van der Waals surface area contributed by atoms with Crippen LogP contribution in [-0.4, -0.2) is 147 Å². The van der Waals surface area contributed by atoms with Crippen molar-refractivity contribution in [2.24, 2.45) is 16.8 Å². The summed E-state index contributed by atoms with van der Waals surface area (Å²) in [5, 5.41) is 28.7. The number of unbranched alkanes of at least 4 members (excludes halogenated alkanes) is 1. The number of hydrogen-bond acceptors (Lipinski definition) is 16. The number of carbonyl (C=O) groups excluding carboxylic acids is 4. The van der Waals surface area contributed by atoms with Gasteiger partial charge in [0.25, 0.3) is 5.91 Å². The van der Waals surface area contributed by atoms with Crippen molar-refractivity contribution in [3.05, 3.63) is 46.6 Å². The molecule has 0 aliphatic heterocycles. The summed E-state index contributed by atoms with van der Waals surface area (Å²) in [7, 11) is -2.79. The fourth-order valence-corrected chi connectivity index (χ4v) is 7.16. The van der Waals surface area contributed by atoms with E-state index >= 15 is 0 Å². The number of ether oxygens (including phenoxy) is 4. The van der Waals surface area contributed by atoms with Crippen molar-refractivity contribution in [1.82, 2.24) is 40.7 Å². The van der Waals surface area contributed by atoms with Crippen LogP contribution in [0.4, 0.5) is 0 Å². The molecule has 2 rings (SSSR count). The lowest BCUT2D eigenvalue weighted by Crippen LogP contribution is -2.51. The molecule has 1 aromatic heterocycles. The van der Waals surface area contributed by atoms with E-state index in [1.165, 1.54) is 36.1 Å². The number of hydroxylamine groups is 1. The summed E-state index contributed by atoms with van der Waals surface area (Å²) in [5.41, 5.74) is 15.9. The van der Waals surface area contributed by atoms with Gasteiger partial charge in [-0.2, -0.15) is 16.9 Å². The minimum absolute atomic E-state index is 0.0769. The highest BCUT2D eigenvalue weighted by atomic mass is 32.2. The molecule has 0 saturated carbocycles. The van der Waals surface area contributed by atoms with E-state index in [2.05, 4.69) is 48.9 Å². The van der Waals surface area contributed by atoms with Crippen molar-refractivity contribution in [3.8, 4) is 5.75 Å². The predicted octanol–water partition coefficient (Wildman–Crippen LogP) is -0.488. The van der Waals surface area contributed by atoms with Gasteiger partial charge < -0.3 is 40.6 Å². The molecule has 3 atom stereocenters. The van der Waals surface area contributed by atoms with E-state index in [1.54, 1.807) is 25.5 Å². The molecule has 330 valence electrons. The van der Waals surface area contributed by atoms with Gasteiger partial charge in [0, 0.05) is 30.0 Å². The third kappa shape index (κ3) is 18.5. The Morgan fingerprint density at radius 3 is 2.24 bits per heavy atom. The highest BCUT2D eigenvalue weighted by molar-refractivity contribution is 7.89. The Kier molecular flexibility index (Phi) is 24.0. The predicted molar refractivity (Wildman–Crippen MR) is 214 cm³/mol. The van der Waals surface area contributed by atoms with Gasteiger partial charge in [0.2, 0.25) is 27.7 Å². The first-order chi connectivity index (χ1) is 28.3. The Morgan fingerprint density at radius 1 is 0.983 bits per heavy atom. The van der Waals surface area contributed by atoms with Gasteiger partial charge in [0.05, 0.1) is 76.5 Å². The van der Waals surface area contributed by atoms with Crippen LogP contribution < -0.4 is 31.9 Å². The van der Waals surface area contributed by atoms with Crippen molar-refractivity contribution in [2.45, 2.75) is 69.2 Å². The number of carbonyl (C=O) groups is 4. The number of thiol groups is 1. The Bertz CT molecular complexity index is 1750. The fraction of sp³-hybridized carbons (Fsp3) is 0.647. The number of rotatable bonds is 31. The summed E-state index contributed by atoms with van der Waals surface area (Å²) < 4.78 is 51.7. The third-order valence-corrected chi connectivity index (χ3v) is 10.6. The number of nitrogens with zero attached hydrogens (tertiary/aromatic N) is 7. The molecular weight excluding hydrogens is 817 g/mol. The highest BCUT2D eigenvalue weighted by Gasteiger charge is 2.38. The van der Waals surface area contributed by atoms with Gasteiger partial charge >= 0.3 is 0 Å². The number of aromatic nitrogens is 3. The van der Waals surface area contributed by atoms with E-state index in [0.717, 1.165) is 4.31 Å². The van der Waals surface area contributed by atoms with Crippen molar-refractivity contribution in [2.75, 3.05) is 72.1 Å². The molecule has 23 nitrogen and oxygen atoms in total. The highest BCUT2D eigenvalue weighted by Crippen LogP contribution is 2.26. The number of methoxy groups -OCH3 is 1. The molecule has 59 heavy (non-hydrogen) atoms. The molecular formula is C34H56N12O11S2. The molecule has 0 aliphatic rings. The molecule has 0 fully saturated rings. The quantitative estimate of drug-likeness (QED) is 0.00957. The van der Waals surface area contributed by atoms with E-state index in [9.17, 15) is 32.8 Å². The SMILES string of the molecule is COc1ccc(S(=O)(=O)N(Cc2cn(CCOCCOCCOCCNC(=O)[C@H](CCCCNC(=O)[C@@H](N)CS)NC(=O)CN=[N+]=[N-])nn2)[C@@H](C(=O)NO)C(C)C)cc1. The lowest BCUT2D eigenvalue weighted by Gasteiger charge is -2.31. The molecule has 7 N–H and O–H groups in total. The summed E-state index contributed by atoms with van der Waals surface area (Å²) in [6.45, 7) is 4.83. The van der Waals surface area contributed by atoms with Crippen LogP contribution in [0.25, 0.3) is 10.4 Å². The van der Waals surface area contributed by atoms with E-state index in [4.69, 9.17) is 30.2 Å². The zero-order valence-electron chi connectivity index (χ0n) is 33.4. The number of amides is 4. The maximum absolute atomic E-state index is 13.8. The fourth-order valence-electron chi connectivity index (χ4n) is 5.30. The van der Waals surface area contributed by atoms with Gasteiger partial charge in [0.15, 0.2) is 0 Å². The number of azide groups is 1. The topological polar surface area (TPSA) is 316 Å². The van der Waals surface area contributed by atoms with Crippen molar-refractivity contribution in [1.29, 1.82) is 0 Å². The number of sulfonamides is 1.